The highest BCUT2D eigenvalue weighted by atomic mass is 19.4. The molecule has 1 N–H and O–H groups in total. The van der Waals surface area contributed by atoms with Gasteiger partial charge in [-0.3, -0.25) is 4.98 Å². The van der Waals surface area contributed by atoms with E-state index in [1.165, 1.54) is 0 Å². The summed E-state index contributed by atoms with van der Waals surface area (Å²) in [6.45, 7) is 5.60. The maximum Gasteiger partial charge on any atom is 0.414 e. The van der Waals surface area contributed by atoms with Crippen molar-refractivity contribution in [2.24, 2.45) is 0 Å². The van der Waals surface area contributed by atoms with Crippen LogP contribution in [0.5, 0.6) is 0 Å². The van der Waals surface area contributed by atoms with E-state index < -0.39 is 12.3 Å². The second-order valence-corrected chi connectivity index (χ2v) is 4.69. The van der Waals surface area contributed by atoms with Gasteiger partial charge in [0.1, 0.15) is 0 Å². The SMILES string of the molecule is CC(C)NCc1ccc(COC(C)C(F)(F)F)nc1. The molecular formula is C13H19F3N2O. The highest BCUT2D eigenvalue weighted by Gasteiger charge is 2.36. The van der Waals surface area contributed by atoms with E-state index in [2.05, 4.69) is 10.3 Å². The molecule has 0 amide bonds. The molecule has 0 aliphatic rings. The second-order valence-electron chi connectivity index (χ2n) is 4.69. The van der Waals surface area contributed by atoms with Crippen LogP contribution in [0, 0.1) is 0 Å². The van der Waals surface area contributed by atoms with Crippen molar-refractivity contribution in [3.05, 3.63) is 29.6 Å². The Morgan fingerprint density at radius 2 is 1.95 bits per heavy atom. The lowest BCUT2D eigenvalue weighted by molar-refractivity contribution is -0.217. The molecule has 1 unspecified atom stereocenters. The third kappa shape index (κ3) is 6.02. The zero-order valence-electron chi connectivity index (χ0n) is 11.3. The molecule has 1 aromatic rings. The molecule has 0 spiro atoms. The van der Waals surface area contributed by atoms with Gasteiger partial charge < -0.3 is 10.1 Å². The standard InChI is InChI=1S/C13H19F3N2O/c1-9(2)17-6-11-4-5-12(18-7-11)8-19-10(3)13(14,15)16/h4-5,7,9-10,17H,6,8H2,1-3H3. The maximum absolute atomic E-state index is 12.2. The third-order valence-corrected chi connectivity index (χ3v) is 2.54. The number of nitrogens with one attached hydrogen (secondary N) is 1. The van der Waals surface area contributed by atoms with Gasteiger partial charge in [-0.1, -0.05) is 19.9 Å². The van der Waals surface area contributed by atoms with Crippen LogP contribution in [0.15, 0.2) is 18.3 Å². The van der Waals surface area contributed by atoms with Crippen LogP contribution in [0.3, 0.4) is 0 Å². The first-order valence-electron chi connectivity index (χ1n) is 6.14. The summed E-state index contributed by atoms with van der Waals surface area (Å²) in [6, 6.07) is 3.88. The number of hydrogen-bond acceptors (Lipinski definition) is 3. The zero-order valence-corrected chi connectivity index (χ0v) is 11.3. The molecule has 6 heteroatoms. The van der Waals surface area contributed by atoms with Crippen molar-refractivity contribution < 1.29 is 17.9 Å². The summed E-state index contributed by atoms with van der Waals surface area (Å²) in [5.41, 5.74) is 1.48. The molecule has 0 aromatic carbocycles. The quantitative estimate of drug-likeness (QED) is 0.867. The molecule has 1 heterocycles. The molecule has 0 bridgehead atoms. The van der Waals surface area contributed by atoms with Gasteiger partial charge >= 0.3 is 6.18 Å². The topological polar surface area (TPSA) is 34.1 Å². The molecule has 1 aromatic heterocycles. The molecule has 0 aliphatic heterocycles. The van der Waals surface area contributed by atoms with Gasteiger partial charge in [0, 0.05) is 18.8 Å². The van der Waals surface area contributed by atoms with Crippen molar-refractivity contribution in [1.29, 1.82) is 0 Å². The van der Waals surface area contributed by atoms with E-state index in [0.29, 0.717) is 18.3 Å². The summed E-state index contributed by atoms with van der Waals surface area (Å²) in [7, 11) is 0. The van der Waals surface area contributed by atoms with Gasteiger partial charge in [-0.25, -0.2) is 0 Å². The number of pyridine rings is 1. The summed E-state index contributed by atoms with van der Waals surface area (Å²) in [5, 5.41) is 3.23. The minimum Gasteiger partial charge on any atom is -0.363 e. The van der Waals surface area contributed by atoms with E-state index in [1.54, 1.807) is 12.3 Å². The smallest absolute Gasteiger partial charge is 0.363 e. The van der Waals surface area contributed by atoms with Crippen LogP contribution < -0.4 is 5.32 Å². The van der Waals surface area contributed by atoms with Crippen LogP contribution in [0.2, 0.25) is 0 Å². The molecule has 1 rings (SSSR count). The molecule has 108 valence electrons. The predicted molar refractivity (Wildman–Crippen MR) is 66.5 cm³/mol. The maximum atomic E-state index is 12.2. The van der Waals surface area contributed by atoms with Crippen LogP contribution >= 0.6 is 0 Å². The number of hydrogen-bond donors (Lipinski definition) is 1. The lowest BCUT2D eigenvalue weighted by Crippen LogP contribution is -2.28. The number of aromatic nitrogens is 1. The van der Waals surface area contributed by atoms with E-state index in [4.69, 9.17) is 4.74 Å². The van der Waals surface area contributed by atoms with Crippen molar-refractivity contribution in [3.8, 4) is 0 Å². The highest BCUT2D eigenvalue weighted by Crippen LogP contribution is 2.22. The lowest BCUT2D eigenvalue weighted by atomic mass is 10.2. The van der Waals surface area contributed by atoms with Crippen LogP contribution in [-0.4, -0.2) is 23.3 Å². The molecule has 0 saturated carbocycles. The predicted octanol–water partition coefficient (Wildman–Crippen LogP) is 3.05. The van der Waals surface area contributed by atoms with Crippen molar-refractivity contribution in [1.82, 2.24) is 10.3 Å². The highest BCUT2D eigenvalue weighted by molar-refractivity contribution is 5.13. The Labute approximate surface area is 111 Å². The second kappa shape index (κ2) is 6.86. The van der Waals surface area contributed by atoms with Crippen molar-refractivity contribution in [2.45, 2.75) is 52.2 Å². The van der Waals surface area contributed by atoms with E-state index in [1.807, 2.05) is 19.9 Å². The van der Waals surface area contributed by atoms with Gasteiger partial charge in [0.2, 0.25) is 0 Å². The van der Waals surface area contributed by atoms with Gasteiger partial charge in [0.25, 0.3) is 0 Å². The fraction of sp³-hybridized carbons (Fsp3) is 0.615. The minimum absolute atomic E-state index is 0.140. The summed E-state index contributed by atoms with van der Waals surface area (Å²) < 4.78 is 41.4. The molecular weight excluding hydrogens is 257 g/mol. The fourth-order valence-corrected chi connectivity index (χ4v) is 1.27. The Balaban J connectivity index is 2.44. The zero-order chi connectivity index (χ0) is 14.5. The Hall–Kier alpha value is -1.14. The van der Waals surface area contributed by atoms with E-state index in [0.717, 1.165) is 12.5 Å². The number of ether oxygens (including phenoxy) is 1. The molecule has 0 fully saturated rings. The molecule has 0 radical (unpaired) electrons. The molecule has 0 saturated heterocycles. The largest absolute Gasteiger partial charge is 0.414 e. The van der Waals surface area contributed by atoms with Crippen LogP contribution in [0.25, 0.3) is 0 Å². The van der Waals surface area contributed by atoms with Gasteiger partial charge in [-0.05, 0) is 18.6 Å². The molecule has 3 nitrogen and oxygen atoms in total. The summed E-state index contributed by atoms with van der Waals surface area (Å²) in [6.07, 6.45) is -4.47. The Morgan fingerprint density at radius 3 is 2.42 bits per heavy atom. The van der Waals surface area contributed by atoms with Crippen molar-refractivity contribution in [2.75, 3.05) is 0 Å². The Kier molecular flexibility index (Phi) is 5.75. The number of rotatable bonds is 6. The monoisotopic (exact) mass is 276 g/mol. The van der Waals surface area contributed by atoms with Crippen molar-refractivity contribution in [3.63, 3.8) is 0 Å². The first kappa shape index (κ1) is 15.9. The fourth-order valence-electron chi connectivity index (χ4n) is 1.27. The van der Waals surface area contributed by atoms with E-state index >= 15 is 0 Å². The molecule has 1 atom stereocenters. The molecule has 0 aliphatic carbocycles. The average molecular weight is 276 g/mol. The van der Waals surface area contributed by atoms with Crippen LogP contribution in [0.4, 0.5) is 13.2 Å². The van der Waals surface area contributed by atoms with Gasteiger partial charge in [0.15, 0.2) is 6.10 Å². The third-order valence-electron chi connectivity index (χ3n) is 2.54. The average Bonchev–Trinajstić information content (AvgIpc) is 2.33. The molecule has 19 heavy (non-hydrogen) atoms. The first-order valence-corrected chi connectivity index (χ1v) is 6.14. The Bertz CT molecular complexity index is 376. The van der Waals surface area contributed by atoms with Crippen molar-refractivity contribution >= 4 is 0 Å². The van der Waals surface area contributed by atoms with E-state index in [-0.39, 0.29) is 6.61 Å². The normalized spacial score (nSPS) is 13.8. The summed E-state index contributed by atoms with van der Waals surface area (Å²) in [4.78, 5) is 4.08. The van der Waals surface area contributed by atoms with Gasteiger partial charge in [0.05, 0.1) is 12.3 Å². The van der Waals surface area contributed by atoms with Crippen LogP contribution in [-0.2, 0) is 17.9 Å². The summed E-state index contributed by atoms with van der Waals surface area (Å²) >= 11 is 0. The summed E-state index contributed by atoms with van der Waals surface area (Å²) in [5.74, 6) is 0. The van der Waals surface area contributed by atoms with E-state index in [9.17, 15) is 13.2 Å². The first-order chi connectivity index (χ1) is 8.79. The number of alkyl halides is 3. The minimum atomic E-state index is -4.33. The van der Waals surface area contributed by atoms with Crippen LogP contribution in [0.1, 0.15) is 32.0 Å². The van der Waals surface area contributed by atoms with Gasteiger partial charge in [-0.2, -0.15) is 13.2 Å². The Morgan fingerprint density at radius 1 is 1.26 bits per heavy atom. The number of nitrogens with zero attached hydrogens (tertiary/aromatic N) is 1. The lowest BCUT2D eigenvalue weighted by Gasteiger charge is -2.16. The van der Waals surface area contributed by atoms with Gasteiger partial charge in [-0.15, -0.1) is 0 Å². The number of halogens is 3.